The molecule has 0 saturated carbocycles. The summed E-state index contributed by atoms with van der Waals surface area (Å²) in [5.41, 5.74) is 5.61. The van der Waals surface area contributed by atoms with Crippen LogP contribution in [0.25, 0.3) is 0 Å². The third-order valence-electron chi connectivity index (χ3n) is 3.75. The molecule has 0 amide bonds. The van der Waals surface area contributed by atoms with E-state index in [1.807, 2.05) is 24.3 Å². The maximum Gasteiger partial charge on any atom is 0.120 e. The molecule has 3 nitrogen and oxygen atoms in total. The number of hydrogen-bond acceptors (Lipinski definition) is 3. The van der Waals surface area contributed by atoms with E-state index in [-0.39, 0.29) is 0 Å². The van der Waals surface area contributed by atoms with E-state index < -0.39 is 0 Å². The van der Waals surface area contributed by atoms with Crippen LogP contribution in [0.3, 0.4) is 0 Å². The van der Waals surface area contributed by atoms with Gasteiger partial charge in [0.1, 0.15) is 12.4 Å². The quantitative estimate of drug-likeness (QED) is 0.873. The Labute approximate surface area is 124 Å². The zero-order valence-corrected chi connectivity index (χ0v) is 12.9. The zero-order valence-electron chi connectivity index (χ0n) is 11.4. The van der Waals surface area contributed by atoms with Gasteiger partial charge in [-0.15, -0.1) is 0 Å². The molecule has 0 atom stereocenters. The number of piperidine rings is 1. The number of nitrogens with zero attached hydrogens (tertiary/aromatic N) is 1. The molecule has 1 aliphatic heterocycles. The van der Waals surface area contributed by atoms with Gasteiger partial charge >= 0.3 is 0 Å². The van der Waals surface area contributed by atoms with Crippen molar-refractivity contribution < 1.29 is 4.74 Å². The summed E-state index contributed by atoms with van der Waals surface area (Å²) in [6, 6.07) is 8.01. The molecule has 0 bridgehead atoms. The molecule has 0 unspecified atom stereocenters. The zero-order chi connectivity index (χ0) is 13.5. The van der Waals surface area contributed by atoms with Crippen molar-refractivity contribution in [2.75, 3.05) is 32.8 Å². The van der Waals surface area contributed by atoms with Gasteiger partial charge < -0.3 is 10.5 Å². The van der Waals surface area contributed by atoms with Crippen LogP contribution in [-0.4, -0.2) is 37.7 Å². The molecule has 1 fully saturated rings. The molecular weight excluding hydrogens is 304 g/mol. The SMILES string of the molecule is NCCC1CCN(CCOc2cccc(Br)c2)CC1. The smallest absolute Gasteiger partial charge is 0.120 e. The van der Waals surface area contributed by atoms with Crippen molar-refractivity contribution in [2.45, 2.75) is 19.3 Å². The minimum atomic E-state index is 0.762. The molecular formula is C15H23BrN2O. The number of rotatable bonds is 6. The normalized spacial score (nSPS) is 17.6. The van der Waals surface area contributed by atoms with Crippen LogP contribution in [0.4, 0.5) is 0 Å². The van der Waals surface area contributed by atoms with Gasteiger partial charge in [0.25, 0.3) is 0 Å². The highest BCUT2D eigenvalue weighted by Crippen LogP contribution is 2.20. The molecule has 1 aromatic rings. The van der Waals surface area contributed by atoms with E-state index in [0.717, 1.165) is 35.8 Å². The van der Waals surface area contributed by atoms with Crippen molar-refractivity contribution in [2.24, 2.45) is 11.7 Å². The van der Waals surface area contributed by atoms with Crippen molar-refractivity contribution in [1.29, 1.82) is 0 Å². The Hall–Kier alpha value is -0.580. The minimum Gasteiger partial charge on any atom is -0.492 e. The lowest BCUT2D eigenvalue weighted by molar-refractivity contribution is 0.152. The van der Waals surface area contributed by atoms with Crippen LogP contribution in [0.5, 0.6) is 5.75 Å². The van der Waals surface area contributed by atoms with E-state index in [9.17, 15) is 0 Å². The fourth-order valence-corrected chi connectivity index (χ4v) is 2.96. The van der Waals surface area contributed by atoms with Gasteiger partial charge in [-0.1, -0.05) is 22.0 Å². The second-order valence-electron chi connectivity index (χ2n) is 5.17. The molecule has 0 radical (unpaired) electrons. The molecule has 4 heteroatoms. The number of benzene rings is 1. The van der Waals surface area contributed by atoms with E-state index in [1.54, 1.807) is 0 Å². The molecule has 19 heavy (non-hydrogen) atoms. The van der Waals surface area contributed by atoms with Crippen LogP contribution in [0.15, 0.2) is 28.7 Å². The number of nitrogens with two attached hydrogens (primary N) is 1. The first-order chi connectivity index (χ1) is 9.28. The van der Waals surface area contributed by atoms with E-state index in [0.29, 0.717) is 0 Å². The van der Waals surface area contributed by atoms with Gasteiger partial charge in [0.05, 0.1) is 0 Å². The van der Waals surface area contributed by atoms with Crippen molar-refractivity contribution in [1.82, 2.24) is 4.90 Å². The van der Waals surface area contributed by atoms with E-state index in [2.05, 4.69) is 20.8 Å². The summed E-state index contributed by atoms with van der Waals surface area (Å²) < 4.78 is 6.83. The first-order valence-corrected chi connectivity index (χ1v) is 7.88. The Morgan fingerprint density at radius 1 is 1.32 bits per heavy atom. The molecule has 106 valence electrons. The third kappa shape index (κ3) is 5.13. The van der Waals surface area contributed by atoms with Gasteiger partial charge in [-0.3, -0.25) is 4.90 Å². The molecule has 2 N–H and O–H groups in total. The van der Waals surface area contributed by atoms with Gasteiger partial charge in [-0.2, -0.15) is 0 Å². The summed E-state index contributed by atoms with van der Waals surface area (Å²) in [5, 5.41) is 0. The number of halogens is 1. The minimum absolute atomic E-state index is 0.762. The largest absolute Gasteiger partial charge is 0.492 e. The monoisotopic (exact) mass is 326 g/mol. The van der Waals surface area contributed by atoms with E-state index >= 15 is 0 Å². The lowest BCUT2D eigenvalue weighted by Crippen LogP contribution is -2.36. The van der Waals surface area contributed by atoms with Crippen molar-refractivity contribution in [3.63, 3.8) is 0 Å². The molecule has 0 aromatic heterocycles. The Morgan fingerprint density at radius 3 is 2.79 bits per heavy atom. The van der Waals surface area contributed by atoms with Gasteiger partial charge in [0.15, 0.2) is 0 Å². The summed E-state index contributed by atoms with van der Waals surface area (Å²) >= 11 is 3.45. The summed E-state index contributed by atoms with van der Waals surface area (Å²) in [4.78, 5) is 2.49. The van der Waals surface area contributed by atoms with Gasteiger partial charge in [0, 0.05) is 11.0 Å². The summed E-state index contributed by atoms with van der Waals surface area (Å²) in [6.45, 7) is 4.98. The average Bonchev–Trinajstić information content (AvgIpc) is 2.41. The molecule has 0 aliphatic carbocycles. The maximum atomic E-state index is 5.77. The average molecular weight is 327 g/mol. The predicted molar refractivity (Wildman–Crippen MR) is 82.5 cm³/mol. The predicted octanol–water partition coefficient (Wildman–Crippen LogP) is 2.89. The Kier molecular flexibility index (Phi) is 6.14. The van der Waals surface area contributed by atoms with Gasteiger partial charge in [-0.05, 0) is 63.0 Å². The fourth-order valence-electron chi connectivity index (χ4n) is 2.58. The number of hydrogen-bond donors (Lipinski definition) is 1. The van der Waals surface area contributed by atoms with Crippen LogP contribution in [0.1, 0.15) is 19.3 Å². The molecule has 1 heterocycles. The summed E-state index contributed by atoms with van der Waals surface area (Å²) in [5.74, 6) is 1.78. The molecule has 0 spiro atoms. The van der Waals surface area contributed by atoms with E-state index in [1.165, 1.54) is 32.4 Å². The van der Waals surface area contributed by atoms with Crippen molar-refractivity contribution in [3.05, 3.63) is 28.7 Å². The Balaban J connectivity index is 1.64. The summed E-state index contributed by atoms with van der Waals surface area (Å²) in [6.07, 6.45) is 3.75. The standard InChI is InChI=1S/C15H23BrN2O/c16-14-2-1-3-15(12-14)19-11-10-18-8-5-13(4-7-17)6-9-18/h1-3,12-13H,4-11,17H2. The molecule has 1 saturated heterocycles. The van der Waals surface area contributed by atoms with Crippen LogP contribution in [-0.2, 0) is 0 Å². The second-order valence-corrected chi connectivity index (χ2v) is 6.08. The highest BCUT2D eigenvalue weighted by molar-refractivity contribution is 9.10. The first-order valence-electron chi connectivity index (χ1n) is 7.08. The van der Waals surface area contributed by atoms with Crippen LogP contribution in [0.2, 0.25) is 0 Å². The van der Waals surface area contributed by atoms with Crippen LogP contribution >= 0.6 is 15.9 Å². The summed E-state index contributed by atoms with van der Waals surface area (Å²) in [7, 11) is 0. The Bertz CT molecular complexity index is 378. The number of likely N-dealkylation sites (tertiary alicyclic amines) is 1. The van der Waals surface area contributed by atoms with Crippen molar-refractivity contribution in [3.8, 4) is 5.75 Å². The van der Waals surface area contributed by atoms with Gasteiger partial charge in [0.2, 0.25) is 0 Å². The van der Waals surface area contributed by atoms with Crippen LogP contribution < -0.4 is 10.5 Å². The molecule has 1 aliphatic rings. The third-order valence-corrected chi connectivity index (χ3v) is 4.25. The lowest BCUT2D eigenvalue weighted by atomic mass is 9.94. The number of ether oxygens (including phenoxy) is 1. The fraction of sp³-hybridized carbons (Fsp3) is 0.600. The van der Waals surface area contributed by atoms with Crippen LogP contribution in [0, 0.1) is 5.92 Å². The Morgan fingerprint density at radius 2 is 2.11 bits per heavy atom. The second kappa shape index (κ2) is 7.88. The van der Waals surface area contributed by atoms with Crippen molar-refractivity contribution >= 4 is 15.9 Å². The topological polar surface area (TPSA) is 38.5 Å². The molecule has 1 aromatic carbocycles. The highest BCUT2D eigenvalue weighted by atomic mass is 79.9. The first kappa shape index (κ1) is 14.8. The lowest BCUT2D eigenvalue weighted by Gasteiger charge is -2.31. The maximum absolute atomic E-state index is 5.77. The molecule has 2 rings (SSSR count). The van der Waals surface area contributed by atoms with E-state index in [4.69, 9.17) is 10.5 Å². The van der Waals surface area contributed by atoms with Gasteiger partial charge in [-0.25, -0.2) is 0 Å². The highest BCUT2D eigenvalue weighted by Gasteiger charge is 2.18.